The predicted molar refractivity (Wildman–Crippen MR) is 96.5 cm³/mol. The molecule has 1 N–H and O–H groups in total. The quantitative estimate of drug-likeness (QED) is 0.737. The van der Waals surface area contributed by atoms with Gasteiger partial charge in [0.1, 0.15) is 0 Å². The van der Waals surface area contributed by atoms with Crippen molar-refractivity contribution in [3.05, 3.63) is 22.8 Å². The van der Waals surface area contributed by atoms with Gasteiger partial charge >= 0.3 is 0 Å². The summed E-state index contributed by atoms with van der Waals surface area (Å²) in [4.78, 5) is 11.9. The fourth-order valence-corrected chi connectivity index (χ4v) is 6.89. The van der Waals surface area contributed by atoms with Crippen LogP contribution < -0.4 is 0 Å². The van der Waals surface area contributed by atoms with Gasteiger partial charge in [-0.1, -0.05) is 37.5 Å². The van der Waals surface area contributed by atoms with E-state index in [1.807, 2.05) is 6.08 Å². The van der Waals surface area contributed by atoms with Crippen molar-refractivity contribution in [3.63, 3.8) is 0 Å². The summed E-state index contributed by atoms with van der Waals surface area (Å²) < 4.78 is 0. The number of carbonyl (C=O) groups excluding carboxylic acids is 1. The summed E-state index contributed by atoms with van der Waals surface area (Å²) in [6.45, 7) is 7.46. The van der Waals surface area contributed by atoms with Crippen LogP contribution in [0.5, 0.6) is 0 Å². The molecular weight excluding hydrogens is 296 g/mol. The van der Waals surface area contributed by atoms with Crippen LogP contribution in [0.25, 0.3) is 0 Å². The smallest absolute Gasteiger partial charge is 0.155 e. The molecule has 2 nitrogen and oxygen atoms in total. The second-order valence-electron chi connectivity index (χ2n) is 9.37. The van der Waals surface area contributed by atoms with Crippen LogP contribution in [0, 0.1) is 28.6 Å². The summed E-state index contributed by atoms with van der Waals surface area (Å²) in [6, 6.07) is 0. The third-order valence-corrected chi connectivity index (χ3v) is 8.34. The molecule has 4 aliphatic rings. The number of aliphatic hydroxyl groups is 1. The largest absolute Gasteiger partial charge is 0.396 e. The Labute approximate surface area is 146 Å². The van der Waals surface area contributed by atoms with E-state index in [0.717, 1.165) is 19.3 Å². The fourth-order valence-electron chi connectivity index (χ4n) is 6.89. The van der Waals surface area contributed by atoms with Crippen molar-refractivity contribution in [1.29, 1.82) is 0 Å². The van der Waals surface area contributed by atoms with Gasteiger partial charge < -0.3 is 5.11 Å². The Hall–Kier alpha value is -0.890. The van der Waals surface area contributed by atoms with Gasteiger partial charge in [-0.15, -0.1) is 0 Å². The Balaban J connectivity index is 1.74. The second kappa shape index (κ2) is 5.56. The fraction of sp³-hybridized carbons (Fsp3) is 0.773. The third kappa shape index (κ3) is 2.14. The lowest BCUT2D eigenvalue weighted by Gasteiger charge is -2.53. The van der Waals surface area contributed by atoms with E-state index in [2.05, 4.69) is 20.8 Å². The summed E-state index contributed by atoms with van der Waals surface area (Å²) in [5.74, 6) is 2.06. The highest BCUT2D eigenvalue weighted by atomic mass is 16.3. The minimum atomic E-state index is 0.233. The van der Waals surface area contributed by atoms with E-state index < -0.39 is 0 Å². The molecule has 0 amide bonds. The molecule has 0 aromatic rings. The second-order valence-corrected chi connectivity index (χ2v) is 9.37. The molecule has 0 saturated heterocycles. The van der Waals surface area contributed by atoms with Gasteiger partial charge in [0, 0.05) is 13.0 Å². The summed E-state index contributed by atoms with van der Waals surface area (Å²) in [7, 11) is 0. The Kier molecular flexibility index (Phi) is 3.84. The minimum absolute atomic E-state index is 0.233. The molecule has 0 aromatic carbocycles. The maximum absolute atomic E-state index is 11.9. The Morgan fingerprint density at radius 1 is 1.12 bits per heavy atom. The van der Waals surface area contributed by atoms with Crippen molar-refractivity contribution >= 4 is 5.78 Å². The summed E-state index contributed by atoms with van der Waals surface area (Å²) >= 11 is 0. The van der Waals surface area contributed by atoms with Gasteiger partial charge in [-0.25, -0.2) is 0 Å². The zero-order valence-corrected chi connectivity index (χ0v) is 15.5. The van der Waals surface area contributed by atoms with Crippen LogP contribution in [-0.2, 0) is 4.79 Å². The zero-order valence-electron chi connectivity index (χ0n) is 15.5. The van der Waals surface area contributed by atoms with Crippen LogP contribution in [0.1, 0.15) is 72.1 Å². The van der Waals surface area contributed by atoms with Gasteiger partial charge in [0.05, 0.1) is 0 Å². The molecule has 0 aliphatic heterocycles. The molecule has 132 valence electrons. The maximum Gasteiger partial charge on any atom is 0.155 e. The standard InChI is InChI=1S/C22H32O2/c1-14(13-23)18-6-7-19-17-5-4-15-12-16(24)8-10-21(15,2)20(17)9-11-22(18,19)3/h12,14,18,20,23H,4-11,13H2,1-3H3/t14-,18-,20+,21+,22-/m1/s1. The molecule has 0 unspecified atom stereocenters. The Morgan fingerprint density at radius 3 is 2.67 bits per heavy atom. The molecule has 0 heterocycles. The molecule has 5 atom stereocenters. The molecule has 2 saturated carbocycles. The highest BCUT2D eigenvalue weighted by Gasteiger charge is 2.53. The van der Waals surface area contributed by atoms with Crippen LogP contribution in [0.4, 0.5) is 0 Å². The maximum atomic E-state index is 11.9. The summed E-state index contributed by atoms with van der Waals surface area (Å²) in [6.07, 6.45) is 11.1. The molecule has 2 fully saturated rings. The lowest BCUT2D eigenvalue weighted by atomic mass is 9.51. The summed E-state index contributed by atoms with van der Waals surface area (Å²) in [5.41, 5.74) is 5.49. The Morgan fingerprint density at radius 2 is 1.92 bits per heavy atom. The molecule has 2 heteroatoms. The van der Waals surface area contributed by atoms with Crippen LogP contribution >= 0.6 is 0 Å². The molecule has 24 heavy (non-hydrogen) atoms. The van der Waals surface area contributed by atoms with E-state index in [0.29, 0.717) is 35.6 Å². The number of rotatable bonds is 2. The van der Waals surface area contributed by atoms with Crippen LogP contribution in [-0.4, -0.2) is 17.5 Å². The van der Waals surface area contributed by atoms with Crippen LogP contribution in [0.15, 0.2) is 22.8 Å². The van der Waals surface area contributed by atoms with E-state index in [4.69, 9.17) is 0 Å². The summed E-state index contributed by atoms with van der Waals surface area (Å²) in [5, 5.41) is 9.70. The number of fused-ring (bicyclic) bond motifs is 4. The first kappa shape index (κ1) is 16.6. The van der Waals surface area contributed by atoms with Crippen molar-refractivity contribution in [1.82, 2.24) is 0 Å². The number of hydrogen-bond donors (Lipinski definition) is 1. The average Bonchev–Trinajstić information content (AvgIpc) is 2.92. The van der Waals surface area contributed by atoms with Crippen LogP contribution in [0.3, 0.4) is 0 Å². The molecule has 0 radical (unpaired) electrons. The van der Waals surface area contributed by atoms with Gasteiger partial charge in [0.15, 0.2) is 5.78 Å². The average molecular weight is 328 g/mol. The van der Waals surface area contributed by atoms with E-state index in [-0.39, 0.29) is 5.41 Å². The first-order valence-electron chi connectivity index (χ1n) is 9.97. The van der Waals surface area contributed by atoms with Crippen molar-refractivity contribution in [2.45, 2.75) is 72.1 Å². The van der Waals surface area contributed by atoms with E-state index >= 15 is 0 Å². The molecular formula is C22H32O2. The first-order chi connectivity index (χ1) is 11.4. The monoisotopic (exact) mass is 328 g/mol. The number of ketones is 1. The van der Waals surface area contributed by atoms with Crippen molar-refractivity contribution in [3.8, 4) is 0 Å². The van der Waals surface area contributed by atoms with Gasteiger partial charge in [0.2, 0.25) is 0 Å². The van der Waals surface area contributed by atoms with Gasteiger partial charge in [-0.3, -0.25) is 4.79 Å². The lowest BCUT2D eigenvalue weighted by Crippen LogP contribution is -2.43. The van der Waals surface area contributed by atoms with Crippen molar-refractivity contribution < 1.29 is 9.90 Å². The van der Waals surface area contributed by atoms with Crippen molar-refractivity contribution in [2.24, 2.45) is 28.6 Å². The van der Waals surface area contributed by atoms with Gasteiger partial charge in [-0.2, -0.15) is 0 Å². The molecule has 0 aromatic heterocycles. The molecule has 4 rings (SSSR count). The highest BCUT2D eigenvalue weighted by molar-refractivity contribution is 5.91. The van der Waals surface area contributed by atoms with Crippen molar-refractivity contribution in [2.75, 3.05) is 6.61 Å². The highest BCUT2D eigenvalue weighted by Crippen LogP contribution is 2.64. The number of carbonyl (C=O) groups is 1. The number of hydrogen-bond acceptors (Lipinski definition) is 2. The minimum Gasteiger partial charge on any atom is -0.396 e. The van der Waals surface area contributed by atoms with E-state index in [9.17, 15) is 9.90 Å². The van der Waals surface area contributed by atoms with Gasteiger partial charge in [-0.05, 0) is 79.6 Å². The van der Waals surface area contributed by atoms with E-state index in [1.54, 1.807) is 11.1 Å². The van der Waals surface area contributed by atoms with Gasteiger partial charge in [0.25, 0.3) is 0 Å². The lowest BCUT2D eigenvalue weighted by molar-refractivity contribution is -0.116. The van der Waals surface area contributed by atoms with E-state index in [1.165, 1.54) is 37.7 Å². The SMILES string of the molecule is C[C@H](CO)[C@H]1CCC2=C3CCC4=CC(=O)CC[C@]4(C)[C@H]3CC[C@@]21C. The number of aliphatic hydroxyl groups excluding tert-OH is 1. The first-order valence-corrected chi connectivity index (χ1v) is 9.97. The molecule has 0 spiro atoms. The Bertz CT molecular complexity index is 628. The van der Waals surface area contributed by atoms with Crippen LogP contribution in [0.2, 0.25) is 0 Å². The molecule has 4 aliphatic carbocycles. The topological polar surface area (TPSA) is 37.3 Å². The molecule has 0 bridgehead atoms. The zero-order chi connectivity index (χ0) is 17.1. The normalized spacial score (nSPS) is 43.0. The third-order valence-electron chi connectivity index (χ3n) is 8.34. The number of allylic oxidation sites excluding steroid dienone is 4. The predicted octanol–water partition coefficient (Wildman–Crippen LogP) is 4.83.